The van der Waals surface area contributed by atoms with Crippen molar-refractivity contribution < 1.29 is 14.3 Å². The standard InChI is InChI=1S/C17H20O3/c1-16(2)13(14(18)17(3,4)15(16)19)10-11-6-8-12(20-5)9-7-11/h6-10H,1-5H3. The molecule has 1 aliphatic carbocycles. The van der Waals surface area contributed by atoms with Crippen molar-refractivity contribution in [2.75, 3.05) is 7.11 Å². The number of ketones is 2. The highest BCUT2D eigenvalue weighted by Gasteiger charge is 2.55. The molecule has 20 heavy (non-hydrogen) atoms. The minimum absolute atomic E-state index is 0.0187. The van der Waals surface area contributed by atoms with Gasteiger partial charge in [0, 0.05) is 5.57 Å². The highest BCUT2D eigenvalue weighted by atomic mass is 16.5. The molecular weight excluding hydrogens is 252 g/mol. The van der Waals surface area contributed by atoms with Crippen LogP contribution in [-0.2, 0) is 9.59 Å². The van der Waals surface area contributed by atoms with Gasteiger partial charge in [-0.05, 0) is 51.5 Å². The fourth-order valence-electron chi connectivity index (χ4n) is 2.74. The van der Waals surface area contributed by atoms with Gasteiger partial charge in [-0.25, -0.2) is 0 Å². The Kier molecular flexibility index (Phi) is 3.32. The SMILES string of the molecule is COc1ccc(C=C2C(=O)C(C)(C)C(=O)C2(C)C)cc1. The van der Waals surface area contributed by atoms with E-state index in [4.69, 9.17) is 4.74 Å². The first-order valence-corrected chi connectivity index (χ1v) is 6.67. The highest BCUT2D eigenvalue weighted by molar-refractivity contribution is 6.26. The van der Waals surface area contributed by atoms with Gasteiger partial charge in [-0.1, -0.05) is 12.1 Å². The van der Waals surface area contributed by atoms with Crippen molar-refractivity contribution in [2.24, 2.45) is 10.8 Å². The molecule has 0 radical (unpaired) electrons. The van der Waals surface area contributed by atoms with E-state index in [1.54, 1.807) is 21.0 Å². The van der Waals surface area contributed by atoms with Gasteiger partial charge in [-0.3, -0.25) is 9.59 Å². The maximum atomic E-state index is 12.5. The topological polar surface area (TPSA) is 43.4 Å². The molecule has 1 saturated carbocycles. The van der Waals surface area contributed by atoms with Crippen LogP contribution in [0.5, 0.6) is 5.75 Å². The normalized spacial score (nSPS) is 22.4. The number of hydrogen-bond acceptors (Lipinski definition) is 3. The largest absolute Gasteiger partial charge is 0.497 e. The number of Topliss-reactive ketones (excluding diaryl/α,β-unsaturated/α-hetero) is 2. The maximum Gasteiger partial charge on any atom is 0.172 e. The van der Waals surface area contributed by atoms with Crippen LogP contribution in [0.2, 0.25) is 0 Å². The zero-order chi connectivity index (χ0) is 15.1. The van der Waals surface area contributed by atoms with Crippen LogP contribution in [-0.4, -0.2) is 18.7 Å². The molecule has 1 aliphatic rings. The van der Waals surface area contributed by atoms with E-state index < -0.39 is 10.8 Å². The smallest absolute Gasteiger partial charge is 0.172 e. The van der Waals surface area contributed by atoms with Gasteiger partial charge in [0.15, 0.2) is 11.6 Å². The lowest BCUT2D eigenvalue weighted by atomic mass is 9.81. The molecular formula is C17H20O3. The Morgan fingerprint density at radius 3 is 1.90 bits per heavy atom. The summed E-state index contributed by atoms with van der Waals surface area (Å²) in [7, 11) is 1.61. The molecule has 0 N–H and O–H groups in total. The third-order valence-electron chi connectivity index (χ3n) is 4.05. The molecule has 1 aromatic rings. The van der Waals surface area contributed by atoms with Gasteiger partial charge in [0.25, 0.3) is 0 Å². The quantitative estimate of drug-likeness (QED) is 0.613. The first-order chi connectivity index (χ1) is 9.21. The molecule has 3 heteroatoms. The summed E-state index contributed by atoms with van der Waals surface area (Å²) in [5, 5.41) is 0. The Bertz CT molecular complexity index is 589. The van der Waals surface area contributed by atoms with Crippen LogP contribution < -0.4 is 4.74 Å². The van der Waals surface area contributed by atoms with Crippen molar-refractivity contribution >= 4 is 17.6 Å². The third-order valence-corrected chi connectivity index (χ3v) is 4.05. The molecule has 0 aliphatic heterocycles. The Labute approximate surface area is 119 Å². The summed E-state index contributed by atoms with van der Waals surface area (Å²) in [6.45, 7) is 7.04. The van der Waals surface area contributed by atoms with Crippen LogP contribution in [0.1, 0.15) is 33.3 Å². The molecule has 0 amide bonds. The van der Waals surface area contributed by atoms with Crippen molar-refractivity contribution in [3.8, 4) is 5.75 Å². The summed E-state index contributed by atoms with van der Waals surface area (Å²) in [4.78, 5) is 24.8. The Hall–Kier alpha value is -1.90. The van der Waals surface area contributed by atoms with Gasteiger partial charge < -0.3 is 4.74 Å². The first-order valence-electron chi connectivity index (χ1n) is 6.67. The van der Waals surface area contributed by atoms with Gasteiger partial charge in [0.2, 0.25) is 0 Å². The minimum Gasteiger partial charge on any atom is -0.497 e. The first kappa shape index (κ1) is 14.5. The zero-order valence-corrected chi connectivity index (χ0v) is 12.6. The van der Waals surface area contributed by atoms with E-state index in [0.717, 1.165) is 11.3 Å². The van der Waals surface area contributed by atoms with Gasteiger partial charge in [-0.15, -0.1) is 0 Å². The predicted molar refractivity (Wildman–Crippen MR) is 78.5 cm³/mol. The van der Waals surface area contributed by atoms with Crippen molar-refractivity contribution in [3.05, 3.63) is 35.4 Å². The highest BCUT2D eigenvalue weighted by Crippen LogP contribution is 2.47. The van der Waals surface area contributed by atoms with E-state index in [1.165, 1.54) is 0 Å². The summed E-state index contributed by atoms with van der Waals surface area (Å²) < 4.78 is 5.11. The number of methoxy groups -OCH3 is 1. The van der Waals surface area contributed by atoms with Crippen molar-refractivity contribution in [1.82, 2.24) is 0 Å². The molecule has 0 bridgehead atoms. The summed E-state index contributed by atoms with van der Waals surface area (Å²) in [6, 6.07) is 7.44. The lowest BCUT2D eigenvalue weighted by Crippen LogP contribution is -2.29. The molecule has 3 nitrogen and oxygen atoms in total. The van der Waals surface area contributed by atoms with E-state index in [9.17, 15) is 9.59 Å². The molecule has 1 fully saturated rings. The second kappa shape index (κ2) is 4.58. The second-order valence-electron chi connectivity index (χ2n) is 6.24. The van der Waals surface area contributed by atoms with Crippen LogP contribution in [0.3, 0.4) is 0 Å². The lowest BCUT2D eigenvalue weighted by Gasteiger charge is -2.18. The number of ether oxygens (including phenoxy) is 1. The van der Waals surface area contributed by atoms with E-state index in [2.05, 4.69) is 0 Å². The fraction of sp³-hybridized carbons (Fsp3) is 0.412. The Balaban J connectivity index is 2.47. The van der Waals surface area contributed by atoms with E-state index >= 15 is 0 Å². The predicted octanol–water partition coefficient (Wildman–Crippen LogP) is 3.28. The Morgan fingerprint density at radius 1 is 0.950 bits per heavy atom. The summed E-state index contributed by atoms with van der Waals surface area (Å²) in [6.07, 6.45) is 1.81. The number of hydrogen-bond donors (Lipinski definition) is 0. The number of carbonyl (C=O) groups excluding carboxylic acids is 2. The monoisotopic (exact) mass is 272 g/mol. The lowest BCUT2D eigenvalue weighted by molar-refractivity contribution is -0.135. The molecule has 0 saturated heterocycles. The average Bonchev–Trinajstić information content (AvgIpc) is 2.52. The van der Waals surface area contributed by atoms with Crippen molar-refractivity contribution in [2.45, 2.75) is 27.7 Å². The van der Waals surface area contributed by atoms with Crippen molar-refractivity contribution in [1.29, 1.82) is 0 Å². The van der Waals surface area contributed by atoms with E-state index in [1.807, 2.05) is 44.2 Å². The molecule has 0 atom stereocenters. The maximum absolute atomic E-state index is 12.5. The van der Waals surface area contributed by atoms with Gasteiger partial charge >= 0.3 is 0 Å². The zero-order valence-electron chi connectivity index (χ0n) is 12.6. The Morgan fingerprint density at radius 2 is 1.50 bits per heavy atom. The average molecular weight is 272 g/mol. The summed E-state index contributed by atoms with van der Waals surface area (Å²) in [5.41, 5.74) is -0.187. The summed E-state index contributed by atoms with van der Waals surface area (Å²) in [5.74, 6) is 0.665. The second-order valence-corrected chi connectivity index (χ2v) is 6.24. The number of allylic oxidation sites excluding steroid dienone is 1. The number of carbonyl (C=O) groups is 2. The molecule has 1 aromatic carbocycles. The van der Waals surface area contributed by atoms with E-state index in [0.29, 0.717) is 5.57 Å². The third kappa shape index (κ3) is 2.07. The number of rotatable bonds is 2. The molecule has 0 unspecified atom stereocenters. The van der Waals surface area contributed by atoms with Crippen LogP contribution in [0.25, 0.3) is 6.08 Å². The molecule has 0 spiro atoms. The van der Waals surface area contributed by atoms with Gasteiger partial charge in [0.05, 0.1) is 17.9 Å². The van der Waals surface area contributed by atoms with Crippen LogP contribution in [0, 0.1) is 10.8 Å². The molecule has 2 rings (SSSR count). The fourth-order valence-corrected chi connectivity index (χ4v) is 2.74. The number of benzene rings is 1. The summed E-state index contributed by atoms with van der Waals surface area (Å²) >= 11 is 0. The molecule has 0 aromatic heterocycles. The van der Waals surface area contributed by atoms with Crippen molar-refractivity contribution in [3.63, 3.8) is 0 Å². The van der Waals surface area contributed by atoms with Gasteiger partial charge in [-0.2, -0.15) is 0 Å². The van der Waals surface area contributed by atoms with E-state index in [-0.39, 0.29) is 11.6 Å². The molecule has 0 heterocycles. The molecule has 106 valence electrons. The van der Waals surface area contributed by atoms with Crippen LogP contribution in [0.4, 0.5) is 0 Å². The van der Waals surface area contributed by atoms with Gasteiger partial charge in [0.1, 0.15) is 5.75 Å². The minimum atomic E-state index is -0.929. The van der Waals surface area contributed by atoms with Crippen LogP contribution in [0.15, 0.2) is 29.8 Å². The van der Waals surface area contributed by atoms with Crippen LogP contribution >= 0.6 is 0 Å².